The van der Waals surface area contributed by atoms with E-state index in [2.05, 4.69) is 10.6 Å². The Morgan fingerprint density at radius 2 is 1.80 bits per heavy atom. The number of carboxylic acid groups (broad SMARTS) is 2. The fourth-order valence-corrected chi connectivity index (χ4v) is 1.34. The van der Waals surface area contributed by atoms with Crippen molar-refractivity contribution in [2.45, 2.75) is 38.8 Å². The third kappa shape index (κ3) is 8.30. The van der Waals surface area contributed by atoms with Crippen LogP contribution < -0.4 is 10.6 Å². The monoisotopic (exact) mass is 289 g/mol. The summed E-state index contributed by atoms with van der Waals surface area (Å²) in [4.78, 5) is 34.8. The summed E-state index contributed by atoms with van der Waals surface area (Å²) in [6.07, 6.45) is -0.461. The molecule has 0 aromatic carbocycles. The second-order valence-corrected chi connectivity index (χ2v) is 4.80. The van der Waals surface area contributed by atoms with Gasteiger partial charge in [0.05, 0.1) is 0 Å². The molecule has 0 rings (SSSR count). The number of hydrogen-bond donors (Lipinski definition) is 4. The van der Waals surface area contributed by atoms with Crippen molar-refractivity contribution in [3.63, 3.8) is 0 Å². The normalized spacial score (nSPS) is 12.2. The lowest BCUT2D eigenvalue weighted by atomic mass is 10.1. The number of aliphatic carboxylic acids is 2. The van der Waals surface area contributed by atoms with Crippen molar-refractivity contribution in [3.8, 4) is 0 Å². The highest BCUT2D eigenvalue weighted by molar-refractivity contribution is 5.82. The van der Waals surface area contributed by atoms with Gasteiger partial charge in [-0.3, -0.25) is 4.79 Å². The summed E-state index contributed by atoms with van der Waals surface area (Å²) in [6.45, 7) is 5.06. The van der Waals surface area contributed by atoms with Gasteiger partial charge in [0.15, 0.2) is 0 Å². The molecule has 0 aliphatic rings. The molecule has 4 N–H and O–H groups in total. The molecule has 0 spiro atoms. The summed E-state index contributed by atoms with van der Waals surface area (Å²) in [7, 11) is 1.91. The van der Waals surface area contributed by atoms with Gasteiger partial charge in [-0.25, -0.2) is 9.59 Å². The second-order valence-electron chi connectivity index (χ2n) is 4.80. The zero-order valence-corrected chi connectivity index (χ0v) is 12.0. The fourth-order valence-electron chi connectivity index (χ4n) is 1.34. The standard InChI is InChI=1S/C12H23N3O5/c1-8(2)15(3)7-6-13-12(20)14-9(11(18)19)4-5-10(16)17/h8-9H,4-7H2,1-3H3,(H,16,17)(H,18,19)(H2,13,14,20)/t9-/m0/s1. The molecule has 0 bridgehead atoms. The third-order valence-corrected chi connectivity index (χ3v) is 2.88. The number of nitrogens with zero attached hydrogens (tertiary/aromatic N) is 1. The van der Waals surface area contributed by atoms with Gasteiger partial charge in [-0.1, -0.05) is 0 Å². The molecular weight excluding hydrogens is 266 g/mol. The van der Waals surface area contributed by atoms with Crippen molar-refractivity contribution < 1.29 is 24.6 Å². The van der Waals surface area contributed by atoms with E-state index in [9.17, 15) is 14.4 Å². The number of hydrogen-bond acceptors (Lipinski definition) is 4. The molecule has 8 nitrogen and oxygen atoms in total. The molecule has 20 heavy (non-hydrogen) atoms. The Hall–Kier alpha value is -1.83. The van der Waals surface area contributed by atoms with Crippen LogP contribution in [0.5, 0.6) is 0 Å². The van der Waals surface area contributed by atoms with Gasteiger partial charge in [0.1, 0.15) is 6.04 Å². The van der Waals surface area contributed by atoms with Gasteiger partial charge in [-0.05, 0) is 27.3 Å². The van der Waals surface area contributed by atoms with Crippen LogP contribution in [0.4, 0.5) is 4.79 Å². The molecule has 0 heterocycles. The number of amides is 2. The summed E-state index contributed by atoms with van der Waals surface area (Å²) in [5.74, 6) is -2.35. The van der Waals surface area contributed by atoms with Crippen molar-refractivity contribution in [2.24, 2.45) is 0 Å². The zero-order valence-electron chi connectivity index (χ0n) is 12.0. The van der Waals surface area contributed by atoms with E-state index in [1.165, 1.54) is 0 Å². The van der Waals surface area contributed by atoms with Crippen LogP contribution in [0.1, 0.15) is 26.7 Å². The predicted octanol–water partition coefficient (Wildman–Crippen LogP) is -0.0562. The molecule has 0 aromatic heterocycles. The largest absolute Gasteiger partial charge is 0.481 e. The Morgan fingerprint density at radius 1 is 1.20 bits per heavy atom. The van der Waals surface area contributed by atoms with Crippen molar-refractivity contribution >= 4 is 18.0 Å². The van der Waals surface area contributed by atoms with Crippen molar-refractivity contribution in [3.05, 3.63) is 0 Å². The van der Waals surface area contributed by atoms with Gasteiger partial charge in [-0.2, -0.15) is 0 Å². The van der Waals surface area contributed by atoms with Gasteiger partial charge in [0, 0.05) is 25.6 Å². The Balaban J connectivity index is 4.07. The predicted molar refractivity (Wildman–Crippen MR) is 72.6 cm³/mol. The molecule has 0 fully saturated rings. The lowest BCUT2D eigenvalue weighted by Gasteiger charge is -2.21. The smallest absolute Gasteiger partial charge is 0.326 e. The lowest BCUT2D eigenvalue weighted by molar-refractivity contribution is -0.140. The van der Waals surface area contributed by atoms with Crippen LogP contribution in [0.3, 0.4) is 0 Å². The van der Waals surface area contributed by atoms with Crippen molar-refractivity contribution in [2.75, 3.05) is 20.1 Å². The van der Waals surface area contributed by atoms with E-state index in [0.29, 0.717) is 19.1 Å². The van der Waals surface area contributed by atoms with Gasteiger partial charge in [0.2, 0.25) is 0 Å². The molecule has 2 amide bonds. The molecule has 116 valence electrons. The van der Waals surface area contributed by atoms with Gasteiger partial charge in [0.25, 0.3) is 0 Å². The minimum atomic E-state index is -1.25. The maximum atomic E-state index is 11.5. The molecule has 0 aliphatic carbocycles. The Morgan fingerprint density at radius 3 is 2.25 bits per heavy atom. The van der Waals surface area contributed by atoms with Crippen LogP contribution in [0, 0.1) is 0 Å². The maximum Gasteiger partial charge on any atom is 0.326 e. The molecular formula is C12H23N3O5. The third-order valence-electron chi connectivity index (χ3n) is 2.88. The van der Waals surface area contributed by atoms with Gasteiger partial charge >= 0.3 is 18.0 Å². The zero-order chi connectivity index (χ0) is 15.7. The first-order chi connectivity index (χ1) is 9.23. The Bertz CT molecular complexity index is 346. The van der Waals surface area contributed by atoms with Crippen LogP contribution in [-0.4, -0.2) is 65.3 Å². The molecule has 0 aliphatic heterocycles. The van der Waals surface area contributed by atoms with Gasteiger partial charge < -0.3 is 25.7 Å². The van der Waals surface area contributed by atoms with Crippen LogP contribution in [-0.2, 0) is 9.59 Å². The van der Waals surface area contributed by atoms with E-state index in [1.54, 1.807) is 0 Å². The number of rotatable bonds is 9. The molecule has 0 unspecified atom stereocenters. The number of carboxylic acids is 2. The molecule has 8 heteroatoms. The SMILES string of the molecule is CC(C)N(C)CCNC(=O)N[C@@H](CCC(=O)O)C(=O)O. The average Bonchev–Trinajstić information content (AvgIpc) is 2.33. The molecule has 0 radical (unpaired) electrons. The molecule has 1 atom stereocenters. The lowest BCUT2D eigenvalue weighted by Crippen LogP contribution is -2.47. The highest BCUT2D eigenvalue weighted by Gasteiger charge is 2.20. The van der Waals surface area contributed by atoms with E-state index < -0.39 is 24.0 Å². The Kier molecular flexibility index (Phi) is 8.30. The summed E-state index contributed by atoms with van der Waals surface area (Å²) in [5, 5.41) is 22.2. The second kappa shape index (κ2) is 9.13. The van der Waals surface area contributed by atoms with E-state index in [-0.39, 0.29) is 12.8 Å². The fraction of sp³-hybridized carbons (Fsp3) is 0.750. The molecule has 0 aromatic rings. The number of urea groups is 1. The quantitative estimate of drug-likeness (QED) is 0.472. The van der Waals surface area contributed by atoms with Crippen molar-refractivity contribution in [1.82, 2.24) is 15.5 Å². The number of nitrogens with one attached hydrogen (secondary N) is 2. The Labute approximate surface area is 118 Å². The minimum Gasteiger partial charge on any atom is -0.481 e. The van der Waals surface area contributed by atoms with Crippen LogP contribution in [0.15, 0.2) is 0 Å². The number of carbonyl (C=O) groups excluding carboxylic acids is 1. The molecule has 0 saturated carbocycles. The van der Waals surface area contributed by atoms with E-state index in [4.69, 9.17) is 10.2 Å². The maximum absolute atomic E-state index is 11.5. The summed E-state index contributed by atoms with van der Waals surface area (Å²) in [5.41, 5.74) is 0. The first kappa shape index (κ1) is 18.2. The minimum absolute atomic E-state index is 0.149. The summed E-state index contributed by atoms with van der Waals surface area (Å²) in [6, 6.07) is -1.46. The van der Waals surface area contributed by atoms with E-state index >= 15 is 0 Å². The first-order valence-corrected chi connectivity index (χ1v) is 6.43. The highest BCUT2D eigenvalue weighted by atomic mass is 16.4. The van der Waals surface area contributed by atoms with E-state index in [0.717, 1.165) is 0 Å². The van der Waals surface area contributed by atoms with Gasteiger partial charge in [-0.15, -0.1) is 0 Å². The highest BCUT2D eigenvalue weighted by Crippen LogP contribution is 1.98. The first-order valence-electron chi connectivity index (χ1n) is 6.43. The number of likely N-dealkylation sites (N-methyl/N-ethyl adjacent to an activating group) is 1. The number of carbonyl (C=O) groups is 3. The van der Waals surface area contributed by atoms with E-state index in [1.807, 2.05) is 25.8 Å². The van der Waals surface area contributed by atoms with Crippen LogP contribution >= 0.6 is 0 Å². The summed E-state index contributed by atoms with van der Waals surface area (Å²) >= 11 is 0. The molecule has 0 saturated heterocycles. The summed E-state index contributed by atoms with van der Waals surface area (Å²) < 4.78 is 0. The average molecular weight is 289 g/mol. The van der Waals surface area contributed by atoms with Crippen LogP contribution in [0.25, 0.3) is 0 Å². The van der Waals surface area contributed by atoms with Crippen molar-refractivity contribution in [1.29, 1.82) is 0 Å². The van der Waals surface area contributed by atoms with Crippen LogP contribution in [0.2, 0.25) is 0 Å². The topological polar surface area (TPSA) is 119 Å².